The minimum atomic E-state index is -0.582. The highest BCUT2D eigenvalue weighted by Gasteiger charge is 2.35. The molecule has 1 aromatic carbocycles. The maximum atomic E-state index is 12.2. The average Bonchev–Trinajstić information content (AvgIpc) is 3.08. The van der Waals surface area contributed by atoms with E-state index in [9.17, 15) is 9.59 Å². The second-order valence-corrected chi connectivity index (χ2v) is 9.11. The zero-order chi connectivity index (χ0) is 19.2. The fourth-order valence-corrected chi connectivity index (χ4v) is 4.51. The Hall–Kier alpha value is -1.53. The number of carbonyl (C=O) groups excluding carboxylic acids is 2. The Bertz CT molecular complexity index is 610. The van der Waals surface area contributed by atoms with Crippen molar-refractivity contribution < 1.29 is 9.59 Å². The first kappa shape index (κ1) is 20.8. The summed E-state index contributed by atoms with van der Waals surface area (Å²) in [5.41, 5.74) is 7.04. The smallest absolute Gasteiger partial charge is 0.239 e. The van der Waals surface area contributed by atoms with Crippen LogP contribution in [0.1, 0.15) is 45.1 Å². The topological polar surface area (TPSA) is 84.2 Å². The summed E-state index contributed by atoms with van der Waals surface area (Å²) in [7, 11) is 0. The highest BCUT2D eigenvalue weighted by atomic mass is 32.2. The van der Waals surface area contributed by atoms with E-state index in [0.717, 1.165) is 12.8 Å². The molecule has 0 bridgehead atoms. The van der Waals surface area contributed by atoms with Crippen molar-refractivity contribution >= 4 is 23.6 Å². The van der Waals surface area contributed by atoms with Gasteiger partial charge >= 0.3 is 0 Å². The summed E-state index contributed by atoms with van der Waals surface area (Å²) in [5, 5.41) is 5.63. The summed E-state index contributed by atoms with van der Waals surface area (Å²) in [6, 6.07) is 7.96. The van der Waals surface area contributed by atoms with Crippen molar-refractivity contribution in [1.82, 2.24) is 10.6 Å². The molecule has 0 spiro atoms. The van der Waals surface area contributed by atoms with E-state index in [1.165, 1.54) is 23.3 Å². The molecular formula is C20H31N3O2S. The van der Waals surface area contributed by atoms with E-state index in [2.05, 4.69) is 41.8 Å². The molecule has 0 aliphatic heterocycles. The van der Waals surface area contributed by atoms with Crippen LogP contribution in [0, 0.1) is 12.8 Å². The molecule has 1 aliphatic carbocycles. The van der Waals surface area contributed by atoms with Crippen LogP contribution in [0.3, 0.4) is 0 Å². The number of benzene rings is 1. The highest BCUT2D eigenvalue weighted by molar-refractivity contribution is 8.00. The van der Waals surface area contributed by atoms with Gasteiger partial charge in [-0.15, -0.1) is 11.8 Å². The molecule has 0 aromatic heterocycles. The van der Waals surface area contributed by atoms with Gasteiger partial charge in [-0.2, -0.15) is 0 Å². The van der Waals surface area contributed by atoms with Gasteiger partial charge in [-0.1, -0.05) is 44.4 Å². The van der Waals surface area contributed by atoms with Crippen molar-refractivity contribution in [1.29, 1.82) is 0 Å². The van der Waals surface area contributed by atoms with E-state index in [1.54, 1.807) is 0 Å². The Morgan fingerprint density at radius 2 is 1.77 bits per heavy atom. The summed E-state index contributed by atoms with van der Waals surface area (Å²) in [6.07, 6.45) is 4.57. The van der Waals surface area contributed by atoms with E-state index >= 15 is 0 Å². The fraction of sp³-hybridized carbons (Fsp3) is 0.600. The third-order valence-corrected chi connectivity index (χ3v) is 6.42. The zero-order valence-corrected chi connectivity index (χ0v) is 16.8. The number of nitrogens with two attached hydrogens (primary N) is 1. The molecule has 0 heterocycles. The molecule has 1 fully saturated rings. The third kappa shape index (κ3) is 6.02. The van der Waals surface area contributed by atoms with Crippen molar-refractivity contribution in [3.05, 3.63) is 29.8 Å². The normalized spacial score (nSPS) is 17.1. The Morgan fingerprint density at radius 3 is 2.35 bits per heavy atom. The first-order valence-corrected chi connectivity index (χ1v) is 10.2. The van der Waals surface area contributed by atoms with Crippen LogP contribution in [-0.4, -0.2) is 35.7 Å². The number of amides is 2. The lowest BCUT2D eigenvalue weighted by Gasteiger charge is -2.29. The molecule has 1 atom stereocenters. The molecule has 1 aromatic rings. The number of rotatable bonds is 8. The molecule has 1 aliphatic rings. The molecule has 0 saturated heterocycles. The molecule has 144 valence electrons. The number of hydrogen-bond acceptors (Lipinski definition) is 4. The van der Waals surface area contributed by atoms with Crippen molar-refractivity contribution in [3.8, 4) is 0 Å². The van der Waals surface area contributed by atoms with E-state index in [1.807, 2.05) is 25.6 Å². The summed E-state index contributed by atoms with van der Waals surface area (Å²) in [4.78, 5) is 25.3. The second-order valence-electron chi connectivity index (χ2n) is 7.57. The summed E-state index contributed by atoms with van der Waals surface area (Å²) >= 11 is 1.86. The molecular weight excluding hydrogens is 346 g/mol. The van der Waals surface area contributed by atoms with Gasteiger partial charge in [0.2, 0.25) is 11.8 Å². The molecule has 26 heavy (non-hydrogen) atoms. The van der Waals surface area contributed by atoms with E-state index < -0.39 is 6.04 Å². The van der Waals surface area contributed by atoms with Crippen LogP contribution in [0.4, 0.5) is 0 Å². The van der Waals surface area contributed by atoms with Crippen molar-refractivity contribution in [2.45, 2.75) is 62.1 Å². The molecule has 5 nitrogen and oxygen atoms in total. The SMILES string of the molecule is Cc1ccc(SC2(CNC(=O)CNC(=O)[C@@H](N)C(C)C)CCCC2)cc1. The summed E-state index contributed by atoms with van der Waals surface area (Å²) in [6.45, 7) is 6.45. The maximum absolute atomic E-state index is 12.2. The molecule has 0 unspecified atom stereocenters. The first-order valence-electron chi connectivity index (χ1n) is 9.37. The predicted molar refractivity (Wildman–Crippen MR) is 107 cm³/mol. The van der Waals surface area contributed by atoms with Crippen LogP contribution >= 0.6 is 11.8 Å². The van der Waals surface area contributed by atoms with Crippen molar-refractivity contribution in [2.75, 3.05) is 13.1 Å². The number of carbonyl (C=O) groups is 2. The van der Waals surface area contributed by atoms with Crippen molar-refractivity contribution in [2.24, 2.45) is 11.7 Å². The van der Waals surface area contributed by atoms with Gasteiger partial charge in [-0.3, -0.25) is 9.59 Å². The van der Waals surface area contributed by atoms with Gasteiger partial charge in [0.15, 0.2) is 0 Å². The summed E-state index contributed by atoms with van der Waals surface area (Å²) in [5.74, 6) is -0.393. The Morgan fingerprint density at radius 1 is 1.15 bits per heavy atom. The Labute approximate surface area is 160 Å². The quantitative estimate of drug-likeness (QED) is 0.650. The standard InChI is InChI=1S/C20H31N3O2S/c1-14(2)18(21)19(25)22-12-17(24)23-13-20(10-4-5-11-20)26-16-8-6-15(3)7-9-16/h6-9,14,18H,4-5,10-13,21H2,1-3H3,(H,22,25)(H,23,24)/t18-/m0/s1. The minimum Gasteiger partial charge on any atom is -0.353 e. The van der Waals surface area contributed by atoms with Gasteiger partial charge in [0.1, 0.15) is 0 Å². The molecule has 2 rings (SSSR count). The fourth-order valence-electron chi connectivity index (χ4n) is 3.10. The highest BCUT2D eigenvalue weighted by Crippen LogP contribution is 2.44. The lowest BCUT2D eigenvalue weighted by atomic mass is 10.1. The minimum absolute atomic E-state index is 0.0233. The third-order valence-electron chi connectivity index (χ3n) is 4.92. The van der Waals surface area contributed by atoms with Crippen LogP contribution in [-0.2, 0) is 9.59 Å². The van der Waals surface area contributed by atoms with Gasteiger partial charge in [0.25, 0.3) is 0 Å². The van der Waals surface area contributed by atoms with Gasteiger partial charge in [-0.25, -0.2) is 0 Å². The monoisotopic (exact) mass is 377 g/mol. The summed E-state index contributed by atoms with van der Waals surface area (Å²) < 4.78 is 0.0449. The van der Waals surface area contributed by atoms with E-state index in [0.29, 0.717) is 6.54 Å². The lowest BCUT2D eigenvalue weighted by molar-refractivity contribution is -0.127. The zero-order valence-electron chi connectivity index (χ0n) is 16.0. The van der Waals surface area contributed by atoms with Crippen LogP contribution < -0.4 is 16.4 Å². The van der Waals surface area contributed by atoms with Crippen LogP contribution in [0.5, 0.6) is 0 Å². The van der Waals surface area contributed by atoms with Crippen LogP contribution in [0.25, 0.3) is 0 Å². The van der Waals surface area contributed by atoms with Crippen LogP contribution in [0.15, 0.2) is 29.2 Å². The lowest BCUT2D eigenvalue weighted by Crippen LogP contribution is -2.48. The molecule has 4 N–H and O–H groups in total. The van der Waals surface area contributed by atoms with Crippen molar-refractivity contribution in [3.63, 3.8) is 0 Å². The first-order chi connectivity index (χ1) is 12.3. The molecule has 0 radical (unpaired) electrons. The Kier molecular flexibility index (Phi) is 7.53. The largest absolute Gasteiger partial charge is 0.353 e. The van der Waals surface area contributed by atoms with E-state index in [-0.39, 0.29) is 29.0 Å². The number of nitrogens with one attached hydrogen (secondary N) is 2. The number of thioether (sulfide) groups is 1. The Balaban J connectivity index is 1.85. The molecule has 6 heteroatoms. The molecule has 1 saturated carbocycles. The predicted octanol–water partition coefficient (Wildman–Crippen LogP) is 2.62. The maximum Gasteiger partial charge on any atom is 0.239 e. The average molecular weight is 378 g/mol. The van der Waals surface area contributed by atoms with Gasteiger partial charge in [0, 0.05) is 16.2 Å². The van der Waals surface area contributed by atoms with Gasteiger partial charge < -0.3 is 16.4 Å². The molecule has 2 amide bonds. The van der Waals surface area contributed by atoms with E-state index in [4.69, 9.17) is 5.73 Å². The van der Waals surface area contributed by atoms with Gasteiger partial charge in [-0.05, 0) is 37.8 Å². The second kappa shape index (κ2) is 9.42. The van der Waals surface area contributed by atoms with Crippen LogP contribution in [0.2, 0.25) is 0 Å². The van der Waals surface area contributed by atoms with Gasteiger partial charge in [0.05, 0.1) is 12.6 Å². The number of hydrogen-bond donors (Lipinski definition) is 3. The number of aryl methyl sites for hydroxylation is 1.